The van der Waals surface area contributed by atoms with Crippen LogP contribution in [0.3, 0.4) is 0 Å². The van der Waals surface area contributed by atoms with Gasteiger partial charge in [-0.15, -0.1) is 0 Å². The first kappa shape index (κ1) is 16.5. The first-order chi connectivity index (χ1) is 11.2. The summed E-state index contributed by atoms with van der Waals surface area (Å²) < 4.78 is 44.0. The molecular weight excluding hydrogens is 319 g/mol. The van der Waals surface area contributed by atoms with Gasteiger partial charge in [0.05, 0.1) is 28.5 Å². The van der Waals surface area contributed by atoms with Crippen molar-refractivity contribution < 1.29 is 13.2 Å². The van der Waals surface area contributed by atoms with Gasteiger partial charge >= 0.3 is 6.18 Å². The molecule has 0 aliphatic carbocycles. The van der Waals surface area contributed by atoms with Crippen molar-refractivity contribution in [3.05, 3.63) is 29.7 Å². The Bertz CT molecular complexity index is 889. The van der Waals surface area contributed by atoms with E-state index in [1.807, 2.05) is 20.8 Å². The number of hydrogen-bond donors (Lipinski definition) is 0. The summed E-state index contributed by atoms with van der Waals surface area (Å²) in [6.45, 7) is 7.85. The molecule has 3 heterocycles. The van der Waals surface area contributed by atoms with Crippen LogP contribution in [-0.2, 0) is 12.7 Å². The summed E-state index contributed by atoms with van der Waals surface area (Å²) in [6, 6.07) is 0.988. The van der Waals surface area contributed by atoms with Crippen LogP contribution in [0.25, 0.3) is 22.3 Å². The molecule has 0 spiro atoms. The van der Waals surface area contributed by atoms with Gasteiger partial charge in [-0.3, -0.25) is 4.68 Å². The summed E-state index contributed by atoms with van der Waals surface area (Å²) in [6.07, 6.45) is -1.26. The van der Waals surface area contributed by atoms with Crippen molar-refractivity contribution >= 4 is 11.0 Å². The zero-order chi connectivity index (χ0) is 17.6. The van der Waals surface area contributed by atoms with E-state index >= 15 is 0 Å². The summed E-state index contributed by atoms with van der Waals surface area (Å²) in [5.41, 5.74) is 0.664. The third-order valence-electron chi connectivity index (χ3n) is 3.88. The third-order valence-corrected chi connectivity index (χ3v) is 3.88. The molecule has 3 aromatic rings. The zero-order valence-electron chi connectivity index (χ0n) is 13.9. The molecule has 0 radical (unpaired) electrons. The molecule has 0 saturated carbocycles. The van der Waals surface area contributed by atoms with Crippen LogP contribution in [-0.4, -0.2) is 24.5 Å². The Balaban J connectivity index is 2.34. The lowest BCUT2D eigenvalue weighted by molar-refractivity contribution is -0.136. The maximum Gasteiger partial charge on any atom is 0.417 e. The molecule has 3 rings (SSSR count). The lowest BCUT2D eigenvalue weighted by atomic mass is 10.1. The molecular formula is C16H18F3N5. The van der Waals surface area contributed by atoms with E-state index in [9.17, 15) is 13.2 Å². The number of aromatic nitrogens is 5. The monoisotopic (exact) mass is 337 g/mol. The third kappa shape index (κ3) is 2.65. The minimum Gasteiger partial charge on any atom is -0.272 e. The number of halogens is 3. The predicted octanol–water partition coefficient (Wildman–Crippen LogP) is 4.22. The van der Waals surface area contributed by atoms with Crippen LogP contribution in [0.1, 0.15) is 38.1 Å². The van der Waals surface area contributed by atoms with Crippen molar-refractivity contribution in [2.24, 2.45) is 0 Å². The van der Waals surface area contributed by atoms with Gasteiger partial charge in [-0.25, -0.2) is 9.67 Å². The molecule has 24 heavy (non-hydrogen) atoms. The summed E-state index contributed by atoms with van der Waals surface area (Å²) in [4.78, 5) is 4.46. The Hall–Kier alpha value is -2.38. The minimum absolute atomic E-state index is 0.0582. The normalized spacial score (nSPS) is 12.5. The Kier molecular flexibility index (Phi) is 3.85. The van der Waals surface area contributed by atoms with Crippen molar-refractivity contribution in [1.29, 1.82) is 0 Å². The molecule has 3 aromatic heterocycles. The fourth-order valence-corrected chi connectivity index (χ4v) is 2.71. The van der Waals surface area contributed by atoms with E-state index in [1.54, 1.807) is 17.8 Å². The van der Waals surface area contributed by atoms with Gasteiger partial charge in [0.2, 0.25) is 0 Å². The highest BCUT2D eigenvalue weighted by Crippen LogP contribution is 2.38. The lowest BCUT2D eigenvalue weighted by Gasteiger charge is -2.12. The second-order valence-corrected chi connectivity index (χ2v) is 5.96. The molecule has 0 unspecified atom stereocenters. The molecule has 0 amide bonds. The van der Waals surface area contributed by atoms with Crippen LogP contribution in [0.4, 0.5) is 13.2 Å². The molecule has 128 valence electrons. The molecule has 0 bridgehead atoms. The summed E-state index contributed by atoms with van der Waals surface area (Å²) >= 11 is 0. The Morgan fingerprint density at radius 1 is 1.25 bits per heavy atom. The topological polar surface area (TPSA) is 48.5 Å². The highest BCUT2D eigenvalue weighted by Gasteiger charge is 2.36. The van der Waals surface area contributed by atoms with Gasteiger partial charge in [0, 0.05) is 24.3 Å². The standard InChI is InChI=1S/C16H18F3N5/c1-5-23-8-11(7-20-23)13-6-12(16(17,18)19)14-10(4)22-24(9(2)3)15(14)21-13/h6-9H,5H2,1-4H3. The molecule has 5 nitrogen and oxygen atoms in total. The van der Waals surface area contributed by atoms with Crippen molar-refractivity contribution in [2.75, 3.05) is 0 Å². The molecule has 8 heteroatoms. The summed E-state index contributed by atoms with van der Waals surface area (Å²) in [5.74, 6) is 0. The van der Waals surface area contributed by atoms with Gasteiger partial charge < -0.3 is 0 Å². The maximum absolute atomic E-state index is 13.6. The molecule has 0 saturated heterocycles. The molecule has 0 aromatic carbocycles. The number of nitrogens with zero attached hydrogens (tertiary/aromatic N) is 5. The van der Waals surface area contributed by atoms with Crippen LogP contribution >= 0.6 is 0 Å². The summed E-state index contributed by atoms with van der Waals surface area (Å²) in [5, 5.41) is 8.43. The number of pyridine rings is 1. The fraction of sp³-hybridized carbons (Fsp3) is 0.438. The van der Waals surface area contributed by atoms with Gasteiger partial charge in [-0.05, 0) is 33.8 Å². The lowest BCUT2D eigenvalue weighted by Crippen LogP contribution is -2.09. The first-order valence-corrected chi connectivity index (χ1v) is 7.72. The first-order valence-electron chi connectivity index (χ1n) is 7.72. The van der Waals surface area contributed by atoms with Crippen molar-refractivity contribution in [3.8, 4) is 11.3 Å². The van der Waals surface area contributed by atoms with E-state index in [0.29, 0.717) is 17.8 Å². The minimum atomic E-state index is -4.48. The zero-order valence-corrected chi connectivity index (χ0v) is 13.9. The Morgan fingerprint density at radius 2 is 1.96 bits per heavy atom. The SMILES string of the molecule is CCn1cc(-c2cc(C(F)(F)F)c3c(C)nn(C(C)C)c3n2)cn1. The van der Waals surface area contributed by atoms with Gasteiger partial charge in [-0.1, -0.05) is 0 Å². The molecule has 0 N–H and O–H groups in total. The second-order valence-electron chi connectivity index (χ2n) is 5.96. The fourth-order valence-electron chi connectivity index (χ4n) is 2.71. The van der Waals surface area contributed by atoms with Crippen LogP contribution in [0.15, 0.2) is 18.5 Å². The number of rotatable bonds is 3. The number of alkyl halides is 3. The number of hydrogen-bond acceptors (Lipinski definition) is 3. The summed E-state index contributed by atoms with van der Waals surface area (Å²) in [7, 11) is 0. The van der Waals surface area contributed by atoms with Crippen molar-refractivity contribution in [2.45, 2.75) is 46.5 Å². The van der Waals surface area contributed by atoms with Gasteiger partial charge in [0.25, 0.3) is 0 Å². The average molecular weight is 337 g/mol. The van der Waals surface area contributed by atoms with Crippen molar-refractivity contribution in [3.63, 3.8) is 0 Å². The van der Waals surface area contributed by atoms with E-state index in [-0.39, 0.29) is 22.8 Å². The second kappa shape index (κ2) is 5.61. The van der Waals surface area contributed by atoms with E-state index in [4.69, 9.17) is 0 Å². The molecule has 0 atom stereocenters. The number of aryl methyl sites for hydroxylation is 2. The predicted molar refractivity (Wildman–Crippen MR) is 84.5 cm³/mol. The van der Waals surface area contributed by atoms with E-state index < -0.39 is 11.7 Å². The van der Waals surface area contributed by atoms with Crippen LogP contribution in [0.2, 0.25) is 0 Å². The smallest absolute Gasteiger partial charge is 0.272 e. The van der Waals surface area contributed by atoms with Gasteiger partial charge in [0.15, 0.2) is 5.65 Å². The Labute approximate surface area is 137 Å². The molecule has 0 aliphatic rings. The maximum atomic E-state index is 13.6. The van der Waals surface area contributed by atoms with Gasteiger partial charge in [-0.2, -0.15) is 23.4 Å². The largest absolute Gasteiger partial charge is 0.417 e. The highest BCUT2D eigenvalue weighted by atomic mass is 19.4. The molecule has 0 fully saturated rings. The Morgan fingerprint density at radius 3 is 2.50 bits per heavy atom. The van der Waals surface area contributed by atoms with Crippen LogP contribution in [0.5, 0.6) is 0 Å². The average Bonchev–Trinajstić information content (AvgIpc) is 3.10. The van der Waals surface area contributed by atoms with E-state index in [1.165, 1.54) is 10.9 Å². The van der Waals surface area contributed by atoms with Crippen LogP contribution in [0, 0.1) is 6.92 Å². The molecule has 0 aliphatic heterocycles. The van der Waals surface area contributed by atoms with Crippen LogP contribution < -0.4 is 0 Å². The number of fused-ring (bicyclic) bond motifs is 1. The van der Waals surface area contributed by atoms with E-state index in [2.05, 4.69) is 15.2 Å². The quantitative estimate of drug-likeness (QED) is 0.719. The van der Waals surface area contributed by atoms with Crippen molar-refractivity contribution in [1.82, 2.24) is 24.5 Å². The van der Waals surface area contributed by atoms with E-state index in [0.717, 1.165) is 6.07 Å². The highest BCUT2D eigenvalue weighted by molar-refractivity contribution is 5.85. The van der Waals surface area contributed by atoms with Gasteiger partial charge in [0.1, 0.15) is 0 Å².